The lowest BCUT2D eigenvalue weighted by atomic mass is 10.1. The molecule has 110 valence electrons. The first-order valence-corrected chi connectivity index (χ1v) is 9.03. The Morgan fingerprint density at radius 2 is 2.15 bits per heavy atom. The Labute approximate surface area is 129 Å². The Morgan fingerprint density at radius 1 is 1.50 bits per heavy atom. The summed E-state index contributed by atoms with van der Waals surface area (Å²) >= 11 is 3.07. The Hall–Kier alpha value is -0.660. The van der Waals surface area contributed by atoms with E-state index in [0.29, 0.717) is 19.0 Å². The molecule has 0 radical (unpaired) electrons. The second-order valence-electron chi connectivity index (χ2n) is 4.85. The predicted molar refractivity (Wildman–Crippen MR) is 76.8 cm³/mol. The topological polar surface area (TPSA) is 54.5 Å². The summed E-state index contributed by atoms with van der Waals surface area (Å²) in [5, 5.41) is 0. The molecule has 1 aliphatic heterocycles. The highest BCUT2D eigenvalue weighted by molar-refractivity contribution is 9.10. The van der Waals surface area contributed by atoms with Crippen molar-refractivity contribution >= 4 is 41.6 Å². The van der Waals surface area contributed by atoms with E-state index in [1.807, 2.05) is 6.92 Å². The molecule has 4 nitrogen and oxygen atoms in total. The van der Waals surface area contributed by atoms with E-state index >= 15 is 0 Å². The normalized spacial score (nSPS) is 19.4. The average Bonchev–Trinajstić information content (AvgIpc) is 2.76. The van der Waals surface area contributed by atoms with E-state index in [1.54, 1.807) is 0 Å². The van der Waals surface area contributed by atoms with Gasteiger partial charge in [-0.3, -0.25) is 4.79 Å². The van der Waals surface area contributed by atoms with E-state index < -0.39 is 25.7 Å². The maximum Gasteiger partial charge on any atom is 0.264 e. The van der Waals surface area contributed by atoms with Crippen molar-refractivity contribution in [1.82, 2.24) is 4.90 Å². The highest BCUT2D eigenvalue weighted by atomic mass is 79.9. The number of hydrogen-bond donors (Lipinski definition) is 0. The van der Waals surface area contributed by atoms with E-state index in [9.17, 15) is 17.6 Å². The number of amides is 1. The van der Waals surface area contributed by atoms with Crippen molar-refractivity contribution in [2.45, 2.75) is 18.2 Å². The molecule has 0 spiro atoms. The van der Waals surface area contributed by atoms with Crippen LogP contribution in [0.3, 0.4) is 0 Å². The molecule has 1 aromatic carbocycles. The zero-order valence-electron chi connectivity index (χ0n) is 10.6. The van der Waals surface area contributed by atoms with Crippen LogP contribution in [0.1, 0.15) is 23.7 Å². The molecule has 0 saturated carbocycles. The summed E-state index contributed by atoms with van der Waals surface area (Å²) in [6.45, 7) is 3.07. The summed E-state index contributed by atoms with van der Waals surface area (Å²) in [7, 11) is 0.932. The standard InChI is InChI=1S/C12H12BrClFNO3S/c1-7-2-3-16(6-7)12(17)9-4-8(13)5-10(11(9)15)20(14,18)19/h4-5,7H,2-3,6H2,1H3. The lowest BCUT2D eigenvalue weighted by molar-refractivity contribution is 0.0782. The Balaban J connectivity index is 2.47. The molecule has 1 fully saturated rings. The fourth-order valence-electron chi connectivity index (χ4n) is 2.19. The Kier molecular flexibility index (Phi) is 4.41. The minimum atomic E-state index is -4.25. The number of likely N-dealkylation sites (tertiary alicyclic amines) is 1. The summed E-state index contributed by atoms with van der Waals surface area (Å²) in [6.07, 6.45) is 0.849. The van der Waals surface area contributed by atoms with Gasteiger partial charge in [-0.1, -0.05) is 22.9 Å². The molecule has 0 aliphatic carbocycles. The first-order valence-electron chi connectivity index (χ1n) is 5.93. The fraction of sp³-hybridized carbons (Fsp3) is 0.417. The van der Waals surface area contributed by atoms with Crippen LogP contribution in [0.2, 0.25) is 0 Å². The van der Waals surface area contributed by atoms with Crippen LogP contribution in [-0.2, 0) is 9.05 Å². The second-order valence-corrected chi connectivity index (χ2v) is 8.30. The molecule has 0 bridgehead atoms. The first-order chi connectivity index (χ1) is 9.20. The van der Waals surface area contributed by atoms with Crippen molar-refractivity contribution in [2.75, 3.05) is 13.1 Å². The molecule has 0 aromatic heterocycles. The Morgan fingerprint density at radius 3 is 2.65 bits per heavy atom. The van der Waals surface area contributed by atoms with Crippen LogP contribution in [-0.4, -0.2) is 32.3 Å². The summed E-state index contributed by atoms with van der Waals surface area (Å²) < 4.78 is 37.2. The average molecular weight is 385 g/mol. The number of nitrogens with zero attached hydrogens (tertiary/aromatic N) is 1. The van der Waals surface area contributed by atoms with Gasteiger partial charge in [-0.15, -0.1) is 0 Å². The van der Waals surface area contributed by atoms with Crippen LogP contribution >= 0.6 is 26.6 Å². The summed E-state index contributed by atoms with van der Waals surface area (Å²) in [5.41, 5.74) is -0.285. The predicted octanol–water partition coefficient (Wildman–Crippen LogP) is 3.00. The molecule has 1 atom stereocenters. The maximum absolute atomic E-state index is 14.2. The zero-order valence-corrected chi connectivity index (χ0v) is 13.7. The minimum absolute atomic E-state index is 0.285. The van der Waals surface area contributed by atoms with Gasteiger partial charge in [0.25, 0.3) is 15.0 Å². The Bertz CT molecular complexity index is 665. The van der Waals surface area contributed by atoms with Gasteiger partial charge < -0.3 is 4.90 Å². The summed E-state index contributed by atoms with van der Waals surface area (Å²) in [5.74, 6) is -1.27. The van der Waals surface area contributed by atoms with Crippen LogP contribution in [0.15, 0.2) is 21.5 Å². The molecule has 2 rings (SSSR count). The third-order valence-electron chi connectivity index (χ3n) is 3.21. The quantitative estimate of drug-likeness (QED) is 0.737. The van der Waals surface area contributed by atoms with Crippen molar-refractivity contribution in [2.24, 2.45) is 5.92 Å². The van der Waals surface area contributed by atoms with E-state index in [4.69, 9.17) is 10.7 Å². The van der Waals surface area contributed by atoms with E-state index in [1.165, 1.54) is 11.0 Å². The number of carbonyl (C=O) groups is 1. The number of benzene rings is 1. The zero-order chi connectivity index (χ0) is 15.1. The third-order valence-corrected chi connectivity index (χ3v) is 4.99. The molecule has 1 aromatic rings. The third kappa shape index (κ3) is 3.15. The van der Waals surface area contributed by atoms with Crippen LogP contribution < -0.4 is 0 Å². The van der Waals surface area contributed by atoms with Gasteiger partial charge in [0.15, 0.2) is 5.82 Å². The van der Waals surface area contributed by atoms with Crippen LogP contribution in [0.4, 0.5) is 4.39 Å². The molecular weight excluding hydrogens is 373 g/mol. The molecule has 1 amide bonds. The molecule has 8 heteroatoms. The molecule has 1 heterocycles. The van der Waals surface area contributed by atoms with Gasteiger partial charge in [0.05, 0.1) is 5.56 Å². The monoisotopic (exact) mass is 383 g/mol. The van der Waals surface area contributed by atoms with Crippen LogP contribution in [0, 0.1) is 11.7 Å². The van der Waals surface area contributed by atoms with Gasteiger partial charge >= 0.3 is 0 Å². The fourth-order valence-corrected chi connectivity index (χ4v) is 3.73. The van der Waals surface area contributed by atoms with Gasteiger partial charge in [-0.2, -0.15) is 0 Å². The molecule has 1 aliphatic rings. The van der Waals surface area contributed by atoms with E-state index in [2.05, 4.69) is 15.9 Å². The van der Waals surface area contributed by atoms with Crippen molar-refractivity contribution in [3.8, 4) is 0 Å². The smallest absolute Gasteiger partial charge is 0.264 e. The number of hydrogen-bond acceptors (Lipinski definition) is 3. The minimum Gasteiger partial charge on any atom is -0.338 e. The van der Waals surface area contributed by atoms with Crippen LogP contribution in [0.25, 0.3) is 0 Å². The van der Waals surface area contributed by atoms with E-state index in [0.717, 1.165) is 12.5 Å². The first kappa shape index (κ1) is 15.7. The number of halogens is 3. The summed E-state index contributed by atoms with van der Waals surface area (Å²) in [6, 6.07) is 2.31. The highest BCUT2D eigenvalue weighted by Crippen LogP contribution is 2.28. The molecule has 0 N–H and O–H groups in total. The lowest BCUT2D eigenvalue weighted by Gasteiger charge is -2.17. The molecule has 1 saturated heterocycles. The maximum atomic E-state index is 14.2. The molecular formula is C12H12BrClFNO3S. The highest BCUT2D eigenvalue weighted by Gasteiger charge is 2.29. The van der Waals surface area contributed by atoms with Crippen molar-refractivity contribution < 1.29 is 17.6 Å². The second kappa shape index (κ2) is 5.61. The number of rotatable bonds is 2. The molecule has 20 heavy (non-hydrogen) atoms. The van der Waals surface area contributed by atoms with Gasteiger partial charge in [0.1, 0.15) is 4.90 Å². The SMILES string of the molecule is CC1CCN(C(=O)c2cc(Br)cc(S(=O)(=O)Cl)c2F)C1. The van der Waals surface area contributed by atoms with Gasteiger partial charge in [0.2, 0.25) is 0 Å². The number of carbonyl (C=O) groups excluding carboxylic acids is 1. The van der Waals surface area contributed by atoms with Gasteiger partial charge in [-0.05, 0) is 24.5 Å². The summed E-state index contributed by atoms with van der Waals surface area (Å²) in [4.78, 5) is 13.1. The molecule has 1 unspecified atom stereocenters. The van der Waals surface area contributed by atoms with Gasteiger partial charge in [0, 0.05) is 28.2 Å². The van der Waals surface area contributed by atoms with Crippen molar-refractivity contribution in [3.05, 3.63) is 28.0 Å². The largest absolute Gasteiger partial charge is 0.338 e. The van der Waals surface area contributed by atoms with E-state index in [-0.39, 0.29) is 10.0 Å². The van der Waals surface area contributed by atoms with Crippen molar-refractivity contribution in [1.29, 1.82) is 0 Å². The lowest BCUT2D eigenvalue weighted by Crippen LogP contribution is -2.29. The van der Waals surface area contributed by atoms with Crippen molar-refractivity contribution in [3.63, 3.8) is 0 Å². The van der Waals surface area contributed by atoms with Crippen LogP contribution in [0.5, 0.6) is 0 Å². The van der Waals surface area contributed by atoms with Gasteiger partial charge in [-0.25, -0.2) is 12.8 Å².